The molecule has 0 saturated carbocycles. The second-order valence-electron chi connectivity index (χ2n) is 5.16. The summed E-state index contributed by atoms with van der Waals surface area (Å²) in [5.74, 6) is 0.788. The molecule has 3 rings (SSSR count). The molecule has 1 heterocycles. The lowest BCUT2D eigenvalue weighted by atomic mass is 10.1. The fraction of sp³-hybridized carbons (Fsp3) is 0.111. The molecule has 0 unspecified atom stereocenters. The number of thioether (sulfide) groups is 1. The van der Waals surface area contributed by atoms with E-state index in [-0.39, 0.29) is 5.69 Å². The van der Waals surface area contributed by atoms with E-state index < -0.39 is 4.92 Å². The maximum atomic E-state index is 11.0. The van der Waals surface area contributed by atoms with Crippen molar-refractivity contribution in [2.75, 3.05) is 11.1 Å². The standard InChI is InChI=1S/C18H14N4O2S/c1-2-25-18-15(11-19)17(14-8-3-4-9-16(14)21-18)20-12-6-5-7-13(10-12)22(23)24/h3-10H,2H2,1H3,(H,20,21). The number of anilines is 2. The van der Waals surface area contributed by atoms with Gasteiger partial charge in [0.2, 0.25) is 0 Å². The van der Waals surface area contributed by atoms with Gasteiger partial charge >= 0.3 is 0 Å². The summed E-state index contributed by atoms with van der Waals surface area (Å²) in [7, 11) is 0. The van der Waals surface area contributed by atoms with Gasteiger partial charge in [-0.1, -0.05) is 31.2 Å². The average Bonchev–Trinajstić information content (AvgIpc) is 2.62. The van der Waals surface area contributed by atoms with Crippen molar-refractivity contribution < 1.29 is 4.92 Å². The second-order valence-corrected chi connectivity index (χ2v) is 6.41. The fourth-order valence-corrected chi connectivity index (χ4v) is 3.23. The first kappa shape index (κ1) is 16.7. The van der Waals surface area contributed by atoms with Crippen LogP contribution in [0.15, 0.2) is 53.6 Å². The number of nitriles is 1. The molecule has 0 spiro atoms. The molecule has 0 saturated heterocycles. The monoisotopic (exact) mass is 350 g/mol. The molecule has 7 heteroatoms. The molecular formula is C18H14N4O2S. The molecule has 0 radical (unpaired) electrons. The van der Waals surface area contributed by atoms with Crippen molar-refractivity contribution in [3.8, 4) is 6.07 Å². The lowest BCUT2D eigenvalue weighted by Gasteiger charge is -2.14. The molecule has 124 valence electrons. The first-order chi connectivity index (χ1) is 12.1. The number of hydrogen-bond acceptors (Lipinski definition) is 6. The van der Waals surface area contributed by atoms with Crippen LogP contribution in [-0.4, -0.2) is 15.7 Å². The van der Waals surface area contributed by atoms with Crippen LogP contribution in [0.4, 0.5) is 17.1 Å². The van der Waals surface area contributed by atoms with Crippen molar-refractivity contribution in [2.45, 2.75) is 11.9 Å². The first-order valence-corrected chi connectivity index (χ1v) is 8.59. The third-order valence-corrected chi connectivity index (χ3v) is 4.44. The van der Waals surface area contributed by atoms with Gasteiger partial charge in [-0.25, -0.2) is 4.98 Å². The van der Waals surface area contributed by atoms with Gasteiger partial charge in [0, 0.05) is 23.2 Å². The lowest BCUT2D eigenvalue weighted by Crippen LogP contribution is -2.00. The third kappa shape index (κ3) is 3.39. The zero-order valence-electron chi connectivity index (χ0n) is 13.4. The zero-order valence-corrected chi connectivity index (χ0v) is 14.2. The highest BCUT2D eigenvalue weighted by Crippen LogP contribution is 2.35. The largest absolute Gasteiger partial charge is 0.354 e. The number of non-ortho nitro benzene ring substituents is 1. The highest BCUT2D eigenvalue weighted by atomic mass is 32.2. The van der Waals surface area contributed by atoms with Crippen molar-refractivity contribution in [1.82, 2.24) is 4.98 Å². The maximum Gasteiger partial charge on any atom is 0.271 e. The molecule has 1 aromatic heterocycles. The predicted octanol–water partition coefficient (Wildman–Crippen LogP) is 4.87. The predicted molar refractivity (Wildman–Crippen MR) is 99.2 cm³/mol. The van der Waals surface area contributed by atoms with Gasteiger partial charge in [0.25, 0.3) is 5.69 Å². The number of nitro groups is 1. The minimum atomic E-state index is -0.445. The third-order valence-electron chi connectivity index (χ3n) is 3.58. The van der Waals surface area contributed by atoms with Crippen LogP contribution in [0, 0.1) is 21.4 Å². The van der Waals surface area contributed by atoms with Crippen LogP contribution in [0.25, 0.3) is 10.9 Å². The minimum Gasteiger partial charge on any atom is -0.354 e. The summed E-state index contributed by atoms with van der Waals surface area (Å²) in [6.07, 6.45) is 0. The SMILES string of the molecule is CCSc1nc2ccccc2c(Nc2cccc([N+](=O)[O-])c2)c1C#N. The Balaban J connectivity index is 2.18. The maximum absolute atomic E-state index is 11.0. The highest BCUT2D eigenvalue weighted by molar-refractivity contribution is 7.99. The number of benzene rings is 2. The Morgan fingerprint density at radius 2 is 2.08 bits per heavy atom. The molecule has 0 aliphatic heterocycles. The van der Waals surface area contributed by atoms with E-state index in [9.17, 15) is 15.4 Å². The van der Waals surface area contributed by atoms with Gasteiger partial charge in [-0.15, -0.1) is 11.8 Å². The van der Waals surface area contributed by atoms with Gasteiger partial charge in [-0.05, 0) is 17.9 Å². The van der Waals surface area contributed by atoms with E-state index in [0.717, 1.165) is 16.7 Å². The minimum absolute atomic E-state index is 0.00924. The van der Waals surface area contributed by atoms with Gasteiger partial charge in [-0.3, -0.25) is 10.1 Å². The van der Waals surface area contributed by atoms with Crippen LogP contribution in [-0.2, 0) is 0 Å². The number of hydrogen-bond donors (Lipinski definition) is 1. The molecule has 6 nitrogen and oxygen atoms in total. The smallest absolute Gasteiger partial charge is 0.271 e. The van der Waals surface area contributed by atoms with E-state index in [1.54, 1.807) is 12.1 Å². The Kier molecular flexibility index (Phi) is 4.82. The number of nitrogens with zero attached hydrogens (tertiary/aromatic N) is 3. The van der Waals surface area contributed by atoms with Crippen molar-refractivity contribution in [2.24, 2.45) is 0 Å². The number of aromatic nitrogens is 1. The Hall–Kier alpha value is -3.11. The van der Waals surface area contributed by atoms with E-state index in [1.807, 2.05) is 31.2 Å². The summed E-state index contributed by atoms with van der Waals surface area (Å²) in [4.78, 5) is 15.1. The Morgan fingerprint density at radius 3 is 2.80 bits per heavy atom. The molecule has 2 aromatic carbocycles. The van der Waals surface area contributed by atoms with Crippen LogP contribution in [0.5, 0.6) is 0 Å². The van der Waals surface area contributed by atoms with Crippen molar-refractivity contribution in [3.63, 3.8) is 0 Å². The van der Waals surface area contributed by atoms with Gasteiger partial charge < -0.3 is 5.32 Å². The van der Waals surface area contributed by atoms with Crippen LogP contribution in [0.1, 0.15) is 12.5 Å². The number of rotatable bonds is 5. The first-order valence-electron chi connectivity index (χ1n) is 7.61. The molecule has 0 aliphatic carbocycles. The van der Waals surface area contributed by atoms with Gasteiger partial charge in [0.15, 0.2) is 0 Å². The summed E-state index contributed by atoms with van der Waals surface area (Å²) >= 11 is 1.49. The second kappa shape index (κ2) is 7.20. The quantitative estimate of drug-likeness (QED) is 0.401. The van der Waals surface area contributed by atoms with Crippen LogP contribution in [0.2, 0.25) is 0 Å². The molecule has 0 aliphatic rings. The van der Waals surface area contributed by atoms with Crippen LogP contribution in [0.3, 0.4) is 0 Å². The average molecular weight is 350 g/mol. The molecule has 25 heavy (non-hydrogen) atoms. The Bertz CT molecular complexity index is 998. The summed E-state index contributed by atoms with van der Waals surface area (Å²) in [6, 6.07) is 16.0. The van der Waals surface area contributed by atoms with E-state index >= 15 is 0 Å². The summed E-state index contributed by atoms with van der Waals surface area (Å²) in [5, 5.41) is 25.3. The van der Waals surface area contributed by atoms with E-state index in [2.05, 4.69) is 16.4 Å². The van der Waals surface area contributed by atoms with Crippen molar-refractivity contribution in [1.29, 1.82) is 5.26 Å². The van der Waals surface area contributed by atoms with Crippen LogP contribution < -0.4 is 5.32 Å². The highest BCUT2D eigenvalue weighted by Gasteiger charge is 2.16. The molecule has 0 bridgehead atoms. The van der Waals surface area contributed by atoms with Crippen LogP contribution >= 0.6 is 11.8 Å². The van der Waals surface area contributed by atoms with E-state index in [4.69, 9.17) is 0 Å². The molecule has 3 aromatic rings. The lowest BCUT2D eigenvalue weighted by molar-refractivity contribution is -0.384. The van der Waals surface area contributed by atoms with Gasteiger partial charge in [-0.2, -0.15) is 5.26 Å². The number of fused-ring (bicyclic) bond motifs is 1. The molecule has 1 N–H and O–H groups in total. The normalized spacial score (nSPS) is 10.4. The Labute approximate surface area is 148 Å². The van der Waals surface area contributed by atoms with E-state index in [1.165, 1.54) is 23.9 Å². The Morgan fingerprint density at radius 1 is 1.28 bits per heavy atom. The molecule has 0 amide bonds. The molecular weight excluding hydrogens is 336 g/mol. The number of para-hydroxylation sites is 1. The van der Waals surface area contributed by atoms with Gasteiger partial charge in [0.05, 0.1) is 16.1 Å². The zero-order chi connectivity index (χ0) is 17.8. The number of nitrogens with one attached hydrogen (secondary N) is 1. The molecule has 0 fully saturated rings. The topological polar surface area (TPSA) is 91.8 Å². The fourth-order valence-electron chi connectivity index (χ4n) is 2.51. The van der Waals surface area contributed by atoms with Gasteiger partial charge in [0.1, 0.15) is 16.7 Å². The summed E-state index contributed by atoms with van der Waals surface area (Å²) < 4.78 is 0. The number of pyridine rings is 1. The van der Waals surface area contributed by atoms with Crippen molar-refractivity contribution >= 4 is 39.7 Å². The number of nitro benzene ring substituents is 1. The summed E-state index contributed by atoms with van der Waals surface area (Å²) in [5.41, 5.74) is 2.37. The van der Waals surface area contributed by atoms with Crippen molar-refractivity contribution in [3.05, 3.63) is 64.2 Å². The summed E-state index contributed by atoms with van der Waals surface area (Å²) in [6.45, 7) is 2.00. The molecule has 0 atom stereocenters. The van der Waals surface area contributed by atoms with E-state index in [0.29, 0.717) is 22.0 Å².